The van der Waals surface area contributed by atoms with Crippen molar-refractivity contribution in [1.82, 2.24) is 5.43 Å². The van der Waals surface area contributed by atoms with Crippen LogP contribution in [0.3, 0.4) is 0 Å². The summed E-state index contributed by atoms with van der Waals surface area (Å²) >= 11 is 12.0. The van der Waals surface area contributed by atoms with Gasteiger partial charge in [-0.15, -0.1) is 0 Å². The van der Waals surface area contributed by atoms with Crippen molar-refractivity contribution in [3.05, 3.63) is 69.0 Å². The molecule has 0 amide bonds. The van der Waals surface area contributed by atoms with Crippen molar-refractivity contribution < 1.29 is 4.39 Å². The van der Waals surface area contributed by atoms with Gasteiger partial charge in [-0.1, -0.05) is 29.3 Å². The smallest absolute Gasteiger partial charge is 0.123 e. The third-order valence-corrected chi connectivity index (χ3v) is 3.65. The fourth-order valence-electron chi connectivity index (χ4n) is 2.16. The Kier molecular flexibility index (Phi) is 5.00. The molecule has 0 saturated carbocycles. The molecule has 5 heteroatoms. The topological polar surface area (TPSA) is 38.0 Å². The second-order valence-electron chi connectivity index (χ2n) is 4.70. The van der Waals surface area contributed by atoms with Gasteiger partial charge < -0.3 is 0 Å². The van der Waals surface area contributed by atoms with Gasteiger partial charge >= 0.3 is 0 Å². The fraction of sp³-hybridized carbons (Fsp3) is 0.200. The maximum absolute atomic E-state index is 13.1. The number of hydrazine groups is 1. The molecule has 0 bridgehead atoms. The van der Waals surface area contributed by atoms with Gasteiger partial charge in [-0.3, -0.25) is 11.3 Å². The highest BCUT2D eigenvalue weighted by Crippen LogP contribution is 2.26. The lowest BCUT2D eigenvalue weighted by molar-refractivity contribution is 0.549. The molecular formula is C15H15Cl2FN2. The minimum atomic E-state index is -0.241. The number of nitrogens with two attached hydrogens (primary N) is 1. The Morgan fingerprint density at radius 1 is 1.15 bits per heavy atom. The Balaban J connectivity index is 2.28. The van der Waals surface area contributed by atoms with Crippen LogP contribution in [-0.4, -0.2) is 0 Å². The fourth-order valence-corrected chi connectivity index (χ4v) is 2.70. The first-order valence-electron chi connectivity index (χ1n) is 6.16. The van der Waals surface area contributed by atoms with Crippen LogP contribution in [0.1, 0.15) is 22.7 Å². The summed E-state index contributed by atoms with van der Waals surface area (Å²) in [6, 6.07) is 9.88. The Labute approximate surface area is 127 Å². The van der Waals surface area contributed by atoms with Gasteiger partial charge in [0, 0.05) is 10.0 Å². The van der Waals surface area contributed by atoms with E-state index in [2.05, 4.69) is 5.43 Å². The molecule has 0 radical (unpaired) electrons. The standard InChI is InChI=1S/C15H15Cl2FN2/c1-9-4-14(18)3-2-10(9)7-15(20-19)11-5-12(16)8-13(17)6-11/h2-6,8,15,20H,7,19H2,1H3. The highest BCUT2D eigenvalue weighted by atomic mass is 35.5. The van der Waals surface area contributed by atoms with Gasteiger partial charge in [-0.25, -0.2) is 4.39 Å². The molecule has 20 heavy (non-hydrogen) atoms. The molecule has 0 aromatic heterocycles. The van der Waals surface area contributed by atoms with E-state index in [0.717, 1.165) is 16.7 Å². The number of rotatable bonds is 4. The minimum absolute atomic E-state index is 0.143. The van der Waals surface area contributed by atoms with Crippen LogP contribution in [0.4, 0.5) is 4.39 Å². The Morgan fingerprint density at radius 3 is 2.35 bits per heavy atom. The van der Waals surface area contributed by atoms with Crippen LogP contribution in [0.15, 0.2) is 36.4 Å². The van der Waals surface area contributed by atoms with Crippen LogP contribution in [0.25, 0.3) is 0 Å². The Hall–Kier alpha value is -1.13. The first-order valence-corrected chi connectivity index (χ1v) is 6.92. The number of hydrogen-bond acceptors (Lipinski definition) is 2. The average Bonchev–Trinajstić information content (AvgIpc) is 2.36. The summed E-state index contributed by atoms with van der Waals surface area (Å²) in [6.45, 7) is 1.87. The summed E-state index contributed by atoms with van der Waals surface area (Å²) in [7, 11) is 0. The SMILES string of the molecule is Cc1cc(F)ccc1CC(NN)c1cc(Cl)cc(Cl)c1. The average molecular weight is 313 g/mol. The maximum atomic E-state index is 13.1. The maximum Gasteiger partial charge on any atom is 0.123 e. The van der Waals surface area contributed by atoms with Crippen molar-refractivity contribution >= 4 is 23.2 Å². The summed E-state index contributed by atoms with van der Waals surface area (Å²) in [5, 5.41) is 1.12. The van der Waals surface area contributed by atoms with Crippen LogP contribution >= 0.6 is 23.2 Å². The molecule has 0 aliphatic carbocycles. The second-order valence-corrected chi connectivity index (χ2v) is 5.57. The molecule has 2 aromatic rings. The Bertz CT molecular complexity index is 597. The highest BCUT2D eigenvalue weighted by Gasteiger charge is 2.13. The summed E-state index contributed by atoms with van der Waals surface area (Å²) in [6.07, 6.45) is 0.624. The van der Waals surface area contributed by atoms with E-state index >= 15 is 0 Å². The van der Waals surface area contributed by atoms with E-state index in [4.69, 9.17) is 29.0 Å². The van der Waals surface area contributed by atoms with Gasteiger partial charge in [0.2, 0.25) is 0 Å². The van der Waals surface area contributed by atoms with Crippen molar-refractivity contribution in [2.24, 2.45) is 5.84 Å². The summed E-state index contributed by atoms with van der Waals surface area (Å²) in [4.78, 5) is 0. The zero-order chi connectivity index (χ0) is 14.7. The van der Waals surface area contributed by atoms with Crippen molar-refractivity contribution in [2.75, 3.05) is 0 Å². The minimum Gasteiger partial charge on any atom is -0.271 e. The van der Waals surface area contributed by atoms with Crippen LogP contribution in [0, 0.1) is 12.7 Å². The van der Waals surface area contributed by atoms with Crippen LogP contribution in [-0.2, 0) is 6.42 Å². The molecule has 2 rings (SSSR count). The van der Waals surface area contributed by atoms with Crippen LogP contribution in [0.2, 0.25) is 10.0 Å². The summed E-state index contributed by atoms with van der Waals surface area (Å²) < 4.78 is 13.1. The van der Waals surface area contributed by atoms with Crippen LogP contribution in [0.5, 0.6) is 0 Å². The third-order valence-electron chi connectivity index (χ3n) is 3.22. The highest BCUT2D eigenvalue weighted by molar-refractivity contribution is 6.34. The zero-order valence-electron chi connectivity index (χ0n) is 11.0. The third kappa shape index (κ3) is 3.70. The first-order chi connectivity index (χ1) is 9.49. The van der Waals surface area contributed by atoms with Crippen molar-refractivity contribution in [1.29, 1.82) is 0 Å². The normalized spacial score (nSPS) is 12.4. The molecule has 3 N–H and O–H groups in total. The molecule has 0 heterocycles. The van der Waals surface area contributed by atoms with Gasteiger partial charge in [0.25, 0.3) is 0 Å². The van der Waals surface area contributed by atoms with Crippen molar-refractivity contribution in [2.45, 2.75) is 19.4 Å². The molecule has 0 spiro atoms. The largest absolute Gasteiger partial charge is 0.271 e. The molecule has 1 unspecified atom stereocenters. The predicted octanol–water partition coefficient (Wildman–Crippen LogP) is 4.19. The molecule has 1 atom stereocenters. The van der Waals surface area contributed by atoms with E-state index in [9.17, 15) is 4.39 Å². The van der Waals surface area contributed by atoms with Gasteiger partial charge in [0.1, 0.15) is 5.82 Å². The summed E-state index contributed by atoms with van der Waals surface area (Å²) in [5.41, 5.74) is 5.56. The first kappa shape index (κ1) is 15.3. The van der Waals surface area contributed by atoms with E-state index < -0.39 is 0 Å². The number of aryl methyl sites for hydroxylation is 1. The van der Waals surface area contributed by atoms with Crippen molar-refractivity contribution in [3.8, 4) is 0 Å². The summed E-state index contributed by atoms with van der Waals surface area (Å²) in [5.74, 6) is 5.38. The van der Waals surface area contributed by atoms with E-state index in [1.165, 1.54) is 12.1 Å². The lowest BCUT2D eigenvalue weighted by atomic mass is 9.96. The number of halogens is 3. The quantitative estimate of drug-likeness (QED) is 0.656. The number of benzene rings is 2. The Morgan fingerprint density at radius 2 is 1.80 bits per heavy atom. The molecule has 0 saturated heterocycles. The van der Waals surface area contributed by atoms with E-state index in [1.54, 1.807) is 12.1 Å². The number of nitrogens with one attached hydrogen (secondary N) is 1. The van der Waals surface area contributed by atoms with E-state index in [1.807, 2.05) is 19.1 Å². The zero-order valence-corrected chi connectivity index (χ0v) is 12.5. The monoisotopic (exact) mass is 312 g/mol. The van der Waals surface area contributed by atoms with Gasteiger partial charge in [0.05, 0.1) is 6.04 Å². The second kappa shape index (κ2) is 6.55. The number of hydrogen-bond donors (Lipinski definition) is 2. The lowest BCUT2D eigenvalue weighted by Crippen LogP contribution is -2.29. The van der Waals surface area contributed by atoms with Crippen LogP contribution < -0.4 is 11.3 Å². The lowest BCUT2D eigenvalue weighted by Gasteiger charge is -2.18. The van der Waals surface area contributed by atoms with E-state index in [-0.39, 0.29) is 11.9 Å². The molecule has 2 nitrogen and oxygen atoms in total. The molecule has 0 fully saturated rings. The molecular weight excluding hydrogens is 298 g/mol. The molecule has 0 aliphatic heterocycles. The van der Waals surface area contributed by atoms with Gasteiger partial charge in [0.15, 0.2) is 0 Å². The molecule has 0 aliphatic rings. The molecule has 106 valence electrons. The van der Waals surface area contributed by atoms with Crippen molar-refractivity contribution in [3.63, 3.8) is 0 Å². The molecule has 2 aromatic carbocycles. The predicted molar refractivity (Wildman–Crippen MR) is 81.4 cm³/mol. The van der Waals surface area contributed by atoms with E-state index in [0.29, 0.717) is 16.5 Å². The van der Waals surface area contributed by atoms with Gasteiger partial charge in [-0.05, 0) is 60.4 Å². The van der Waals surface area contributed by atoms with Gasteiger partial charge in [-0.2, -0.15) is 0 Å².